The second kappa shape index (κ2) is 4.53. The van der Waals surface area contributed by atoms with Crippen molar-refractivity contribution in [3.8, 4) is 17.1 Å². The van der Waals surface area contributed by atoms with Gasteiger partial charge in [0.1, 0.15) is 0 Å². The number of nitrogens with zero attached hydrogens (tertiary/aromatic N) is 4. The van der Waals surface area contributed by atoms with Gasteiger partial charge in [-0.05, 0) is 18.6 Å². The van der Waals surface area contributed by atoms with Gasteiger partial charge in [0.25, 0.3) is 0 Å². The van der Waals surface area contributed by atoms with Crippen LogP contribution in [0.5, 0.6) is 0 Å². The number of aryl methyl sites for hydroxylation is 1. The molecule has 0 unspecified atom stereocenters. The highest BCUT2D eigenvalue weighted by Crippen LogP contribution is 2.25. The maximum atomic E-state index is 5.95. The zero-order valence-corrected chi connectivity index (χ0v) is 10.5. The lowest BCUT2D eigenvalue weighted by atomic mass is 10.1. The molecule has 0 radical (unpaired) electrons. The predicted octanol–water partition coefficient (Wildman–Crippen LogP) is 2.22. The van der Waals surface area contributed by atoms with E-state index in [4.69, 9.17) is 5.73 Å². The molecule has 94 valence electrons. The van der Waals surface area contributed by atoms with Gasteiger partial charge in [0.15, 0.2) is 0 Å². The lowest BCUT2D eigenvalue weighted by Gasteiger charge is -2.01. The summed E-state index contributed by atoms with van der Waals surface area (Å²) >= 11 is 0. The molecule has 0 saturated heterocycles. The van der Waals surface area contributed by atoms with E-state index in [1.165, 1.54) is 0 Å². The third-order valence-electron chi connectivity index (χ3n) is 2.83. The monoisotopic (exact) mass is 251 g/mol. The molecule has 2 N–H and O–H groups in total. The summed E-state index contributed by atoms with van der Waals surface area (Å²) in [7, 11) is 0. The number of rotatable bonds is 2. The predicted molar refractivity (Wildman–Crippen MR) is 73.7 cm³/mol. The van der Waals surface area contributed by atoms with Gasteiger partial charge in [0, 0.05) is 35.4 Å². The van der Waals surface area contributed by atoms with Crippen LogP contribution in [-0.2, 0) is 0 Å². The molecule has 0 spiro atoms. The summed E-state index contributed by atoms with van der Waals surface area (Å²) in [6.45, 7) is 1.95. The Kier molecular flexibility index (Phi) is 2.72. The SMILES string of the molecule is Cc1cnc(-n2cc(-c3ccccc3N)cn2)nc1. The zero-order chi connectivity index (χ0) is 13.2. The molecule has 0 aliphatic rings. The number of nitrogen functional groups attached to an aromatic ring is 1. The third-order valence-corrected chi connectivity index (χ3v) is 2.83. The standard InChI is InChI=1S/C14H13N5/c1-10-6-16-14(17-7-10)19-9-11(8-18-19)12-4-2-3-5-13(12)15/h2-9H,15H2,1H3. The molecule has 2 heterocycles. The normalized spacial score (nSPS) is 10.6. The number of hydrogen-bond donors (Lipinski definition) is 1. The molecule has 0 fully saturated rings. The van der Waals surface area contributed by atoms with E-state index in [1.807, 2.05) is 37.4 Å². The fourth-order valence-corrected chi connectivity index (χ4v) is 1.84. The Morgan fingerprint density at radius 1 is 1.05 bits per heavy atom. The van der Waals surface area contributed by atoms with Crippen molar-refractivity contribution in [2.24, 2.45) is 0 Å². The van der Waals surface area contributed by atoms with Crippen molar-refractivity contribution in [1.29, 1.82) is 0 Å². The summed E-state index contributed by atoms with van der Waals surface area (Å²) in [6, 6.07) is 7.69. The molecule has 19 heavy (non-hydrogen) atoms. The smallest absolute Gasteiger partial charge is 0.250 e. The van der Waals surface area contributed by atoms with Crippen molar-refractivity contribution in [3.63, 3.8) is 0 Å². The Morgan fingerprint density at radius 3 is 2.53 bits per heavy atom. The van der Waals surface area contributed by atoms with Gasteiger partial charge in [-0.3, -0.25) is 0 Å². The van der Waals surface area contributed by atoms with Crippen molar-refractivity contribution < 1.29 is 0 Å². The second-order valence-corrected chi connectivity index (χ2v) is 4.32. The van der Waals surface area contributed by atoms with Gasteiger partial charge in [0.2, 0.25) is 5.95 Å². The van der Waals surface area contributed by atoms with Crippen molar-refractivity contribution in [1.82, 2.24) is 19.7 Å². The summed E-state index contributed by atoms with van der Waals surface area (Å²) in [6.07, 6.45) is 7.16. The molecule has 0 bridgehead atoms. The van der Waals surface area contributed by atoms with Gasteiger partial charge >= 0.3 is 0 Å². The maximum Gasteiger partial charge on any atom is 0.250 e. The van der Waals surface area contributed by atoms with E-state index in [0.29, 0.717) is 5.95 Å². The molecular formula is C14H13N5. The van der Waals surface area contributed by atoms with Gasteiger partial charge in [-0.25, -0.2) is 14.6 Å². The molecule has 2 aromatic heterocycles. The van der Waals surface area contributed by atoms with E-state index in [1.54, 1.807) is 23.3 Å². The lowest BCUT2D eigenvalue weighted by Crippen LogP contribution is -2.00. The lowest BCUT2D eigenvalue weighted by molar-refractivity contribution is 0.805. The van der Waals surface area contributed by atoms with Crippen LogP contribution in [0.3, 0.4) is 0 Å². The Bertz CT molecular complexity index is 700. The average Bonchev–Trinajstić information content (AvgIpc) is 2.89. The topological polar surface area (TPSA) is 69.6 Å². The minimum Gasteiger partial charge on any atom is -0.398 e. The highest BCUT2D eigenvalue weighted by atomic mass is 15.3. The zero-order valence-electron chi connectivity index (χ0n) is 10.5. The number of anilines is 1. The van der Waals surface area contributed by atoms with Crippen LogP contribution in [0.1, 0.15) is 5.56 Å². The van der Waals surface area contributed by atoms with Crippen LogP contribution in [0, 0.1) is 6.92 Å². The molecule has 5 heteroatoms. The van der Waals surface area contributed by atoms with Gasteiger partial charge in [-0.2, -0.15) is 5.10 Å². The third kappa shape index (κ3) is 2.18. The highest BCUT2D eigenvalue weighted by Gasteiger charge is 2.07. The first-order valence-electron chi connectivity index (χ1n) is 5.92. The Balaban J connectivity index is 2.00. The molecule has 0 aliphatic carbocycles. The highest BCUT2D eigenvalue weighted by molar-refractivity contribution is 5.75. The molecule has 3 rings (SSSR count). The van der Waals surface area contributed by atoms with E-state index >= 15 is 0 Å². The Morgan fingerprint density at radius 2 is 1.79 bits per heavy atom. The van der Waals surface area contributed by atoms with Crippen LogP contribution >= 0.6 is 0 Å². The summed E-state index contributed by atoms with van der Waals surface area (Å²) < 4.78 is 1.64. The van der Waals surface area contributed by atoms with Crippen molar-refractivity contribution in [2.45, 2.75) is 6.92 Å². The number of aromatic nitrogens is 4. The van der Waals surface area contributed by atoms with Crippen LogP contribution in [0.15, 0.2) is 49.1 Å². The summed E-state index contributed by atoms with van der Waals surface area (Å²) in [5.41, 5.74) is 9.60. The first-order chi connectivity index (χ1) is 9.24. The number of para-hydroxylation sites is 1. The van der Waals surface area contributed by atoms with Crippen molar-refractivity contribution >= 4 is 5.69 Å². The van der Waals surface area contributed by atoms with Gasteiger partial charge < -0.3 is 5.73 Å². The quantitative estimate of drug-likeness (QED) is 0.709. The molecular weight excluding hydrogens is 238 g/mol. The number of hydrogen-bond acceptors (Lipinski definition) is 4. The minimum absolute atomic E-state index is 0.548. The molecule has 0 aliphatic heterocycles. The molecule has 0 atom stereocenters. The van der Waals surface area contributed by atoms with E-state index < -0.39 is 0 Å². The van der Waals surface area contributed by atoms with E-state index in [0.717, 1.165) is 22.4 Å². The first kappa shape index (κ1) is 11.4. The summed E-state index contributed by atoms with van der Waals surface area (Å²) in [4.78, 5) is 8.47. The first-order valence-corrected chi connectivity index (χ1v) is 5.92. The van der Waals surface area contributed by atoms with Crippen molar-refractivity contribution in [3.05, 3.63) is 54.6 Å². The molecule has 1 aromatic carbocycles. The van der Waals surface area contributed by atoms with Gasteiger partial charge in [-0.15, -0.1) is 0 Å². The molecule has 0 saturated carbocycles. The maximum absolute atomic E-state index is 5.95. The Labute approximate surface area is 110 Å². The number of benzene rings is 1. The van der Waals surface area contributed by atoms with Gasteiger partial charge in [0.05, 0.1) is 6.20 Å². The van der Waals surface area contributed by atoms with E-state index in [2.05, 4.69) is 15.1 Å². The minimum atomic E-state index is 0.548. The summed E-state index contributed by atoms with van der Waals surface area (Å²) in [5.74, 6) is 0.548. The van der Waals surface area contributed by atoms with Crippen molar-refractivity contribution in [2.75, 3.05) is 5.73 Å². The van der Waals surface area contributed by atoms with Crippen LogP contribution in [0.2, 0.25) is 0 Å². The number of nitrogens with two attached hydrogens (primary N) is 1. The van der Waals surface area contributed by atoms with Crippen LogP contribution in [0.4, 0.5) is 5.69 Å². The van der Waals surface area contributed by atoms with E-state index in [9.17, 15) is 0 Å². The molecule has 3 aromatic rings. The Hall–Kier alpha value is -2.69. The largest absolute Gasteiger partial charge is 0.398 e. The average molecular weight is 251 g/mol. The fraction of sp³-hybridized carbons (Fsp3) is 0.0714. The van der Waals surface area contributed by atoms with Crippen LogP contribution in [0.25, 0.3) is 17.1 Å². The van der Waals surface area contributed by atoms with Crippen LogP contribution < -0.4 is 5.73 Å². The van der Waals surface area contributed by atoms with E-state index in [-0.39, 0.29) is 0 Å². The molecule has 5 nitrogen and oxygen atoms in total. The second-order valence-electron chi connectivity index (χ2n) is 4.32. The molecule has 0 amide bonds. The summed E-state index contributed by atoms with van der Waals surface area (Å²) in [5, 5.41) is 4.27. The van der Waals surface area contributed by atoms with Crippen LogP contribution in [-0.4, -0.2) is 19.7 Å². The fourth-order valence-electron chi connectivity index (χ4n) is 1.84. The van der Waals surface area contributed by atoms with Gasteiger partial charge in [-0.1, -0.05) is 18.2 Å².